The Morgan fingerprint density at radius 1 is 0.972 bits per heavy atom. The molecule has 0 aliphatic carbocycles. The number of allylic oxidation sites excluding steroid dienone is 1. The number of nitrogens with zero attached hydrogens (tertiary/aromatic N) is 2. The van der Waals surface area contributed by atoms with Crippen molar-refractivity contribution in [2.45, 2.75) is 6.36 Å². The zero-order valence-electron chi connectivity index (χ0n) is 18.9. The van der Waals surface area contributed by atoms with Gasteiger partial charge in [-0.2, -0.15) is 0 Å². The van der Waals surface area contributed by atoms with Crippen molar-refractivity contribution in [2.75, 3.05) is 50.0 Å². The van der Waals surface area contributed by atoms with E-state index >= 15 is 0 Å². The lowest BCUT2D eigenvalue weighted by Gasteiger charge is -2.26. The summed E-state index contributed by atoms with van der Waals surface area (Å²) in [6.45, 7) is 4.55. The van der Waals surface area contributed by atoms with E-state index in [0.717, 1.165) is 26.2 Å². The first kappa shape index (κ1) is 27.6. The van der Waals surface area contributed by atoms with Gasteiger partial charge in [-0.25, -0.2) is 0 Å². The van der Waals surface area contributed by atoms with Crippen LogP contribution in [0.2, 0.25) is 0 Å². The minimum absolute atomic E-state index is 0. The van der Waals surface area contributed by atoms with Crippen LogP contribution in [0.25, 0.3) is 5.57 Å². The molecule has 3 aliphatic rings. The first-order valence-corrected chi connectivity index (χ1v) is 10.8. The summed E-state index contributed by atoms with van der Waals surface area (Å²) in [5, 5.41) is 13.5. The molecular weight excluding hydrogens is 522 g/mol. The molecule has 36 heavy (non-hydrogen) atoms. The van der Waals surface area contributed by atoms with E-state index in [4.69, 9.17) is 4.84 Å². The van der Waals surface area contributed by atoms with Gasteiger partial charge < -0.3 is 25.5 Å². The van der Waals surface area contributed by atoms with Gasteiger partial charge >= 0.3 is 6.36 Å². The van der Waals surface area contributed by atoms with E-state index in [2.05, 4.69) is 30.7 Å². The van der Waals surface area contributed by atoms with Crippen molar-refractivity contribution in [3.8, 4) is 5.75 Å². The van der Waals surface area contributed by atoms with Crippen LogP contribution in [0.3, 0.4) is 0 Å². The predicted molar refractivity (Wildman–Crippen MR) is 135 cm³/mol. The van der Waals surface area contributed by atoms with Crippen molar-refractivity contribution in [3.05, 3.63) is 59.3 Å². The van der Waals surface area contributed by atoms with Crippen LogP contribution >= 0.6 is 24.8 Å². The lowest BCUT2D eigenvalue weighted by molar-refractivity contribution is -0.274. The van der Waals surface area contributed by atoms with E-state index < -0.39 is 6.36 Å². The van der Waals surface area contributed by atoms with Crippen LogP contribution in [-0.4, -0.2) is 62.2 Å². The first-order valence-electron chi connectivity index (χ1n) is 10.8. The van der Waals surface area contributed by atoms with Gasteiger partial charge in [-0.05, 0) is 24.3 Å². The maximum atomic E-state index is 12.8. The maximum Gasteiger partial charge on any atom is 0.573 e. The lowest BCUT2D eigenvalue weighted by Crippen LogP contribution is -2.44. The number of carbonyl (C=O) groups excluding carboxylic acids is 1. The molecule has 5 rings (SSSR count). The monoisotopic (exact) mass is 545 g/mol. The smallest absolute Gasteiger partial charge is 0.406 e. The van der Waals surface area contributed by atoms with Crippen LogP contribution in [-0.2, 0) is 9.63 Å². The summed E-state index contributed by atoms with van der Waals surface area (Å²) < 4.78 is 42.5. The number of amides is 1. The molecule has 1 saturated heterocycles. The number of ether oxygens (including phenoxy) is 1. The Balaban J connectivity index is 0.00000180. The average Bonchev–Trinajstić information content (AvgIpc) is 3.32. The van der Waals surface area contributed by atoms with Gasteiger partial charge in [0.1, 0.15) is 18.1 Å². The van der Waals surface area contributed by atoms with Gasteiger partial charge in [0, 0.05) is 55.2 Å². The van der Waals surface area contributed by atoms with Crippen LogP contribution in [0.4, 0.5) is 24.5 Å². The van der Waals surface area contributed by atoms with Crippen molar-refractivity contribution in [1.29, 1.82) is 0 Å². The Hall–Kier alpha value is -2.99. The summed E-state index contributed by atoms with van der Waals surface area (Å²) >= 11 is 0. The van der Waals surface area contributed by atoms with Gasteiger partial charge in [-0.3, -0.25) is 9.69 Å². The van der Waals surface area contributed by atoms with Gasteiger partial charge in [-0.15, -0.1) is 38.0 Å². The molecule has 2 aromatic carbocycles. The second-order valence-corrected chi connectivity index (χ2v) is 7.99. The average molecular weight is 546 g/mol. The number of halogens is 5. The Kier molecular flexibility index (Phi) is 8.72. The highest BCUT2D eigenvalue weighted by Crippen LogP contribution is 2.40. The Labute approximate surface area is 217 Å². The third-order valence-corrected chi connectivity index (χ3v) is 5.76. The molecule has 3 N–H and O–H groups in total. The number of hydrogen-bond acceptors (Lipinski definition) is 7. The van der Waals surface area contributed by atoms with Crippen molar-refractivity contribution in [3.63, 3.8) is 0 Å². The highest BCUT2D eigenvalue weighted by molar-refractivity contribution is 6.39. The zero-order chi connectivity index (χ0) is 23.7. The van der Waals surface area contributed by atoms with E-state index in [1.807, 2.05) is 0 Å². The first-order chi connectivity index (χ1) is 16.4. The van der Waals surface area contributed by atoms with E-state index in [0.29, 0.717) is 46.9 Å². The van der Waals surface area contributed by atoms with Gasteiger partial charge in [0.25, 0.3) is 5.91 Å². The summed E-state index contributed by atoms with van der Waals surface area (Å²) in [5.74, 6) is -0.721. The number of alkyl halides is 3. The third kappa shape index (κ3) is 5.86. The second kappa shape index (κ2) is 11.4. The summed E-state index contributed by atoms with van der Waals surface area (Å²) in [7, 11) is 0. The molecule has 1 fully saturated rings. The van der Waals surface area contributed by atoms with Crippen molar-refractivity contribution in [2.24, 2.45) is 5.16 Å². The molecule has 1 amide bonds. The number of para-hydroxylation sites is 1. The van der Waals surface area contributed by atoms with Crippen LogP contribution in [0, 0.1) is 0 Å². The Morgan fingerprint density at radius 3 is 2.44 bits per heavy atom. The van der Waals surface area contributed by atoms with Crippen LogP contribution < -0.4 is 20.7 Å². The highest BCUT2D eigenvalue weighted by atomic mass is 35.5. The number of anilines is 2. The summed E-state index contributed by atoms with van der Waals surface area (Å²) in [6.07, 6.45) is -4.83. The molecule has 0 atom stereocenters. The Bertz CT molecular complexity index is 1180. The predicted octanol–water partition coefficient (Wildman–Crippen LogP) is 3.84. The van der Waals surface area contributed by atoms with Crippen LogP contribution in [0.15, 0.2) is 53.3 Å². The number of nitrogens with one attached hydrogen (secondary N) is 3. The molecule has 0 spiro atoms. The summed E-state index contributed by atoms with van der Waals surface area (Å²) in [6, 6.07) is 11.1. The normalized spacial score (nSPS) is 20.0. The molecule has 3 heterocycles. The fourth-order valence-corrected chi connectivity index (χ4v) is 4.21. The largest absolute Gasteiger partial charge is 0.573 e. The number of hydrogen-bond donors (Lipinski definition) is 3. The highest BCUT2D eigenvalue weighted by Gasteiger charge is 2.36. The van der Waals surface area contributed by atoms with Gasteiger partial charge in [0.05, 0.1) is 11.3 Å². The zero-order valence-corrected chi connectivity index (χ0v) is 20.5. The van der Waals surface area contributed by atoms with Crippen molar-refractivity contribution < 1.29 is 27.5 Å². The fourth-order valence-electron chi connectivity index (χ4n) is 4.21. The van der Waals surface area contributed by atoms with E-state index in [1.54, 1.807) is 24.3 Å². The van der Waals surface area contributed by atoms with E-state index in [-0.39, 0.29) is 42.2 Å². The molecule has 0 bridgehead atoms. The van der Waals surface area contributed by atoms with Crippen molar-refractivity contribution >= 4 is 53.4 Å². The van der Waals surface area contributed by atoms with Gasteiger partial charge in [0.2, 0.25) is 0 Å². The fraction of sp³-hybridized carbons (Fsp3) is 0.304. The molecule has 13 heteroatoms. The maximum absolute atomic E-state index is 12.8. The molecular formula is C23H24Cl2F3N5O3. The minimum Gasteiger partial charge on any atom is -0.406 e. The SMILES string of the molecule is Cl.Cl.O=C1Nc2ccccc2/C1=C1/Nc2ccc(OC(F)(F)F)cc2/C1=N\OCCN1CCNCC1. The van der Waals surface area contributed by atoms with E-state index in [9.17, 15) is 18.0 Å². The standard InChI is InChI=1S/C23H22F3N5O3.2ClH/c24-23(25,26)34-14-5-6-18-16(13-14)20(30-33-12-11-31-9-7-27-8-10-31)21(28-18)19-15-3-1-2-4-17(15)29-22(19)32;;/h1-6,13,27-28H,7-12H2,(H,29,32);2*1H/b21-19-,30-20+;;. The summed E-state index contributed by atoms with van der Waals surface area (Å²) in [5.41, 5.74) is 3.11. The molecule has 2 aromatic rings. The second-order valence-electron chi connectivity index (χ2n) is 7.99. The number of rotatable bonds is 5. The van der Waals surface area contributed by atoms with Gasteiger partial charge in [-0.1, -0.05) is 23.4 Å². The summed E-state index contributed by atoms with van der Waals surface area (Å²) in [4.78, 5) is 20.6. The molecule has 3 aliphatic heterocycles. The molecule has 8 nitrogen and oxygen atoms in total. The number of fused-ring (bicyclic) bond motifs is 2. The third-order valence-electron chi connectivity index (χ3n) is 5.76. The molecule has 194 valence electrons. The Morgan fingerprint density at radius 2 is 1.69 bits per heavy atom. The molecule has 0 aromatic heterocycles. The van der Waals surface area contributed by atoms with Crippen LogP contribution in [0.5, 0.6) is 5.75 Å². The molecule has 0 radical (unpaired) electrons. The number of oxime groups is 1. The number of benzene rings is 2. The number of carbonyl (C=O) groups is 1. The van der Waals surface area contributed by atoms with Crippen molar-refractivity contribution in [1.82, 2.24) is 10.2 Å². The quantitative estimate of drug-likeness (QED) is 0.300. The van der Waals surface area contributed by atoms with Crippen LogP contribution in [0.1, 0.15) is 11.1 Å². The van der Waals surface area contributed by atoms with Gasteiger partial charge in [0.15, 0.2) is 0 Å². The number of piperazine rings is 1. The topological polar surface area (TPSA) is 87.2 Å². The molecule has 0 unspecified atom stereocenters. The van der Waals surface area contributed by atoms with E-state index in [1.165, 1.54) is 18.2 Å². The molecule has 0 saturated carbocycles. The lowest BCUT2D eigenvalue weighted by atomic mass is 10.0. The minimum atomic E-state index is -4.83.